The van der Waals surface area contributed by atoms with E-state index in [0.29, 0.717) is 0 Å². The Morgan fingerprint density at radius 3 is 2.60 bits per heavy atom. The van der Waals surface area contributed by atoms with Crippen LogP contribution in [0.3, 0.4) is 0 Å². The van der Waals surface area contributed by atoms with Gasteiger partial charge in [-0.15, -0.1) is 0 Å². The van der Waals surface area contributed by atoms with Gasteiger partial charge in [-0.2, -0.15) is 0 Å². The Morgan fingerprint density at radius 2 is 2.40 bits per heavy atom. The molecule has 1 aliphatic heterocycles. The van der Waals surface area contributed by atoms with Gasteiger partial charge in [-0.1, -0.05) is 0 Å². The fourth-order valence-electron chi connectivity index (χ4n) is 0.772. The second-order valence-electron chi connectivity index (χ2n) is 2.30. The van der Waals surface area contributed by atoms with Crippen molar-refractivity contribution in [1.82, 2.24) is 5.01 Å². The minimum atomic E-state index is -0.753. The third-order valence-electron chi connectivity index (χ3n) is 1.66. The van der Waals surface area contributed by atoms with Crippen LogP contribution < -0.4 is 5.84 Å². The van der Waals surface area contributed by atoms with Crippen molar-refractivity contribution in [3.05, 3.63) is 12.2 Å². The Labute approximate surface area is 59.2 Å². The molecule has 10 heavy (non-hydrogen) atoms. The molecule has 1 unspecified atom stereocenters. The molecule has 0 bridgehead atoms. The molecule has 4 heteroatoms. The molecule has 2 N–H and O–H groups in total. The molecule has 0 aromatic rings. The monoisotopic (exact) mass is 142 g/mol. The third-order valence-corrected chi connectivity index (χ3v) is 1.66. The van der Waals surface area contributed by atoms with E-state index in [2.05, 4.69) is 0 Å². The predicted molar refractivity (Wildman–Crippen MR) is 35.6 cm³/mol. The Kier molecular flexibility index (Phi) is 1.50. The Bertz CT molecular complexity index is 190. The van der Waals surface area contributed by atoms with Crippen molar-refractivity contribution >= 4 is 5.91 Å². The molecule has 1 aliphatic rings. The number of nitrogens with zero attached hydrogens (tertiary/aromatic N) is 1. The highest BCUT2D eigenvalue weighted by Gasteiger charge is 2.34. The van der Waals surface area contributed by atoms with Gasteiger partial charge in [-0.3, -0.25) is 4.79 Å². The van der Waals surface area contributed by atoms with Crippen LogP contribution in [0.1, 0.15) is 6.92 Å². The SMILES string of the molecule is COC1(C)C=CC(=O)N1N. The maximum absolute atomic E-state index is 10.8. The van der Waals surface area contributed by atoms with Crippen molar-refractivity contribution in [3.8, 4) is 0 Å². The lowest BCUT2D eigenvalue weighted by Crippen LogP contribution is -2.49. The number of carbonyl (C=O) groups is 1. The summed E-state index contributed by atoms with van der Waals surface area (Å²) in [5, 5.41) is 1.05. The fourth-order valence-corrected chi connectivity index (χ4v) is 0.772. The van der Waals surface area contributed by atoms with Crippen LogP contribution >= 0.6 is 0 Å². The van der Waals surface area contributed by atoms with E-state index < -0.39 is 5.72 Å². The van der Waals surface area contributed by atoms with Crippen LogP contribution in [0.2, 0.25) is 0 Å². The van der Waals surface area contributed by atoms with Crippen molar-refractivity contribution in [2.45, 2.75) is 12.6 Å². The van der Waals surface area contributed by atoms with Gasteiger partial charge in [0, 0.05) is 13.2 Å². The molecule has 0 aliphatic carbocycles. The van der Waals surface area contributed by atoms with E-state index >= 15 is 0 Å². The number of hydrogen-bond donors (Lipinski definition) is 1. The van der Waals surface area contributed by atoms with E-state index in [-0.39, 0.29) is 5.91 Å². The van der Waals surface area contributed by atoms with E-state index in [1.54, 1.807) is 13.0 Å². The van der Waals surface area contributed by atoms with Crippen molar-refractivity contribution in [2.75, 3.05) is 7.11 Å². The van der Waals surface area contributed by atoms with Crippen molar-refractivity contribution in [3.63, 3.8) is 0 Å². The second kappa shape index (κ2) is 2.07. The number of rotatable bonds is 1. The van der Waals surface area contributed by atoms with Crippen molar-refractivity contribution in [1.29, 1.82) is 0 Å². The maximum Gasteiger partial charge on any atom is 0.263 e. The highest BCUT2D eigenvalue weighted by Crippen LogP contribution is 2.19. The molecule has 56 valence electrons. The van der Waals surface area contributed by atoms with Gasteiger partial charge in [0.2, 0.25) is 0 Å². The molecule has 4 nitrogen and oxygen atoms in total. The topological polar surface area (TPSA) is 55.6 Å². The third kappa shape index (κ3) is 0.815. The lowest BCUT2D eigenvalue weighted by Gasteiger charge is -2.28. The van der Waals surface area contributed by atoms with Crippen LogP contribution in [0.15, 0.2) is 12.2 Å². The molecule has 1 amide bonds. The number of hydrogen-bond acceptors (Lipinski definition) is 3. The van der Waals surface area contributed by atoms with Crippen molar-refractivity contribution in [2.24, 2.45) is 5.84 Å². The first-order valence-electron chi connectivity index (χ1n) is 2.93. The molecule has 1 heterocycles. The molecule has 1 rings (SSSR count). The van der Waals surface area contributed by atoms with Crippen molar-refractivity contribution < 1.29 is 9.53 Å². The quantitative estimate of drug-likeness (QED) is 0.401. The predicted octanol–water partition coefficient (Wildman–Crippen LogP) is -0.379. The molecule has 0 saturated carbocycles. The first-order valence-corrected chi connectivity index (χ1v) is 2.93. The average Bonchev–Trinajstić information content (AvgIpc) is 2.19. The first kappa shape index (κ1) is 7.24. The molecule has 0 fully saturated rings. The number of carbonyl (C=O) groups excluding carboxylic acids is 1. The highest BCUT2D eigenvalue weighted by molar-refractivity contribution is 5.90. The van der Waals surface area contributed by atoms with E-state index in [9.17, 15) is 4.79 Å². The van der Waals surface area contributed by atoms with E-state index in [1.165, 1.54) is 13.2 Å². The van der Waals surface area contributed by atoms with Crippen LogP contribution in [0, 0.1) is 0 Å². The van der Waals surface area contributed by atoms with Crippen LogP contribution in [0.25, 0.3) is 0 Å². The fraction of sp³-hybridized carbons (Fsp3) is 0.500. The maximum atomic E-state index is 10.8. The largest absolute Gasteiger partial charge is 0.354 e. The summed E-state index contributed by atoms with van der Waals surface area (Å²) in [6, 6.07) is 0. The molecule has 1 atom stereocenters. The summed E-state index contributed by atoms with van der Waals surface area (Å²) >= 11 is 0. The van der Waals surface area contributed by atoms with Gasteiger partial charge in [0.05, 0.1) is 0 Å². The number of ether oxygens (including phenoxy) is 1. The number of methoxy groups -OCH3 is 1. The summed E-state index contributed by atoms with van der Waals surface area (Å²) in [7, 11) is 1.50. The van der Waals surface area contributed by atoms with E-state index in [1.807, 2.05) is 0 Å². The standard InChI is InChI=1S/C6H10N2O2/c1-6(10-2)4-3-5(9)8(6)7/h3-4H,7H2,1-2H3. The van der Waals surface area contributed by atoms with Crippen LogP contribution in [-0.4, -0.2) is 23.8 Å². The second-order valence-corrected chi connectivity index (χ2v) is 2.30. The number of hydrazine groups is 1. The summed E-state index contributed by atoms with van der Waals surface area (Å²) < 4.78 is 4.97. The zero-order valence-corrected chi connectivity index (χ0v) is 6.00. The minimum absolute atomic E-state index is 0.232. The molecular weight excluding hydrogens is 132 g/mol. The summed E-state index contributed by atoms with van der Waals surface area (Å²) in [6.45, 7) is 1.72. The number of nitrogens with two attached hydrogens (primary N) is 1. The minimum Gasteiger partial charge on any atom is -0.354 e. The van der Waals surface area contributed by atoms with E-state index in [0.717, 1.165) is 5.01 Å². The molecular formula is C6H10N2O2. The van der Waals surface area contributed by atoms with Gasteiger partial charge in [-0.05, 0) is 13.0 Å². The van der Waals surface area contributed by atoms with Crippen LogP contribution in [0.4, 0.5) is 0 Å². The van der Waals surface area contributed by atoms with Gasteiger partial charge < -0.3 is 4.74 Å². The summed E-state index contributed by atoms with van der Waals surface area (Å²) in [4.78, 5) is 10.8. The van der Waals surface area contributed by atoms with Gasteiger partial charge in [0.1, 0.15) is 0 Å². The first-order chi connectivity index (χ1) is 4.60. The zero-order valence-electron chi connectivity index (χ0n) is 6.00. The van der Waals surface area contributed by atoms with Crippen LogP contribution in [-0.2, 0) is 9.53 Å². The Hall–Kier alpha value is -0.870. The Morgan fingerprint density at radius 1 is 1.80 bits per heavy atom. The number of amides is 1. The smallest absolute Gasteiger partial charge is 0.263 e. The molecule has 0 radical (unpaired) electrons. The van der Waals surface area contributed by atoms with E-state index in [4.69, 9.17) is 10.6 Å². The van der Waals surface area contributed by atoms with Gasteiger partial charge in [0.25, 0.3) is 5.91 Å². The molecule has 0 spiro atoms. The highest BCUT2D eigenvalue weighted by atomic mass is 16.5. The van der Waals surface area contributed by atoms with Crippen LogP contribution in [0.5, 0.6) is 0 Å². The average molecular weight is 142 g/mol. The summed E-state index contributed by atoms with van der Waals surface area (Å²) in [5.41, 5.74) is -0.753. The summed E-state index contributed by atoms with van der Waals surface area (Å²) in [5.74, 6) is 5.13. The summed E-state index contributed by atoms with van der Waals surface area (Å²) in [6.07, 6.45) is 3.01. The molecule has 0 saturated heterocycles. The van der Waals surface area contributed by atoms with Gasteiger partial charge >= 0.3 is 0 Å². The van der Waals surface area contributed by atoms with Gasteiger partial charge in [-0.25, -0.2) is 10.9 Å². The lowest BCUT2D eigenvalue weighted by atomic mass is 10.3. The Balaban J connectivity index is 2.83. The molecule has 0 aromatic heterocycles. The lowest BCUT2D eigenvalue weighted by molar-refractivity contribution is -0.144. The van der Waals surface area contributed by atoms with Gasteiger partial charge in [0.15, 0.2) is 5.72 Å². The normalized spacial score (nSPS) is 31.9. The zero-order chi connectivity index (χ0) is 7.78. The molecule has 0 aromatic carbocycles.